The fourth-order valence-corrected chi connectivity index (χ4v) is 1.21. The summed E-state index contributed by atoms with van der Waals surface area (Å²) in [6.45, 7) is 3.35. The molecule has 0 heterocycles. The molecule has 5 heteroatoms. The lowest BCUT2D eigenvalue weighted by Gasteiger charge is -2.24. The Kier molecular flexibility index (Phi) is 5.55. The molecule has 0 spiro atoms. The predicted octanol–water partition coefficient (Wildman–Crippen LogP) is 2.42. The van der Waals surface area contributed by atoms with Crippen LogP contribution < -0.4 is 0 Å². The largest absolute Gasteiger partial charge is 0.401 e. The lowest BCUT2D eigenvalue weighted by Crippen LogP contribution is -2.37. The van der Waals surface area contributed by atoms with Gasteiger partial charge in [-0.25, -0.2) is 0 Å². The predicted molar refractivity (Wildman–Crippen MR) is 47.6 cm³/mol. The van der Waals surface area contributed by atoms with E-state index in [0.29, 0.717) is 6.54 Å². The number of hydrogen-bond acceptors (Lipinski definition) is 2. The molecule has 0 fully saturated rings. The highest BCUT2D eigenvalue weighted by atomic mass is 19.4. The zero-order valence-electron chi connectivity index (χ0n) is 8.43. The van der Waals surface area contributed by atoms with E-state index in [-0.39, 0.29) is 18.9 Å². The minimum Gasteiger partial charge on any atom is -0.294 e. The van der Waals surface area contributed by atoms with E-state index < -0.39 is 12.7 Å². The maximum atomic E-state index is 12.1. The Morgan fingerprint density at radius 3 is 2.29 bits per heavy atom. The first-order chi connectivity index (χ1) is 6.35. The van der Waals surface area contributed by atoms with E-state index in [1.807, 2.05) is 19.9 Å². The fraction of sp³-hybridized carbons (Fsp3) is 0.889. The summed E-state index contributed by atoms with van der Waals surface area (Å²) >= 11 is 0. The normalized spacial score (nSPS) is 12.1. The van der Waals surface area contributed by atoms with Gasteiger partial charge in [0.25, 0.3) is 0 Å². The van der Waals surface area contributed by atoms with Crippen LogP contribution in [0.5, 0.6) is 0 Å². The van der Waals surface area contributed by atoms with Crippen molar-refractivity contribution >= 4 is 0 Å². The molecule has 0 aromatic carbocycles. The van der Waals surface area contributed by atoms with Crippen molar-refractivity contribution in [2.24, 2.45) is 5.92 Å². The molecule has 0 aromatic heterocycles. The maximum absolute atomic E-state index is 12.1. The van der Waals surface area contributed by atoms with Gasteiger partial charge in [-0.2, -0.15) is 18.4 Å². The van der Waals surface area contributed by atoms with Gasteiger partial charge in [0.15, 0.2) is 0 Å². The van der Waals surface area contributed by atoms with E-state index in [2.05, 4.69) is 0 Å². The number of rotatable bonds is 5. The number of nitriles is 1. The maximum Gasteiger partial charge on any atom is 0.401 e. The summed E-state index contributed by atoms with van der Waals surface area (Å²) in [6.07, 6.45) is -4.03. The summed E-state index contributed by atoms with van der Waals surface area (Å²) in [7, 11) is 0. The smallest absolute Gasteiger partial charge is 0.294 e. The summed E-state index contributed by atoms with van der Waals surface area (Å²) in [5, 5.41) is 8.29. The van der Waals surface area contributed by atoms with E-state index in [4.69, 9.17) is 5.26 Å². The van der Waals surface area contributed by atoms with Crippen molar-refractivity contribution in [2.75, 3.05) is 19.6 Å². The van der Waals surface area contributed by atoms with Crippen LogP contribution in [-0.4, -0.2) is 30.7 Å². The zero-order valence-corrected chi connectivity index (χ0v) is 8.43. The fourth-order valence-electron chi connectivity index (χ4n) is 1.21. The highest BCUT2D eigenvalue weighted by Gasteiger charge is 2.30. The third kappa shape index (κ3) is 7.87. The van der Waals surface area contributed by atoms with Crippen LogP contribution in [0.3, 0.4) is 0 Å². The summed E-state index contributed by atoms with van der Waals surface area (Å²) in [4.78, 5) is 1.27. The van der Waals surface area contributed by atoms with Gasteiger partial charge in [-0.15, -0.1) is 0 Å². The second-order valence-corrected chi connectivity index (χ2v) is 3.65. The molecule has 0 saturated heterocycles. The molecule has 0 aliphatic heterocycles. The summed E-state index contributed by atoms with van der Waals surface area (Å²) in [6, 6.07) is 1.85. The van der Waals surface area contributed by atoms with Gasteiger partial charge in [-0.1, -0.05) is 13.8 Å². The van der Waals surface area contributed by atoms with Crippen molar-refractivity contribution < 1.29 is 13.2 Å². The quantitative estimate of drug-likeness (QED) is 0.693. The first kappa shape index (κ1) is 13.2. The number of alkyl halides is 3. The highest BCUT2D eigenvalue weighted by Crippen LogP contribution is 2.17. The van der Waals surface area contributed by atoms with Gasteiger partial charge >= 0.3 is 6.18 Å². The molecular weight excluding hydrogens is 193 g/mol. The van der Waals surface area contributed by atoms with Crippen molar-refractivity contribution in [1.29, 1.82) is 5.26 Å². The van der Waals surface area contributed by atoms with Gasteiger partial charge in [0.05, 0.1) is 12.6 Å². The molecule has 0 N–H and O–H groups in total. The molecule has 0 aliphatic carbocycles. The number of hydrogen-bond donors (Lipinski definition) is 0. The molecule has 0 bridgehead atoms. The molecule has 0 radical (unpaired) electrons. The monoisotopic (exact) mass is 208 g/mol. The average molecular weight is 208 g/mol. The summed E-state index contributed by atoms with van der Waals surface area (Å²) < 4.78 is 36.2. The first-order valence-electron chi connectivity index (χ1n) is 4.51. The van der Waals surface area contributed by atoms with Crippen LogP contribution in [0.1, 0.15) is 20.3 Å². The van der Waals surface area contributed by atoms with Crippen molar-refractivity contribution in [3.63, 3.8) is 0 Å². The van der Waals surface area contributed by atoms with Gasteiger partial charge in [0.2, 0.25) is 0 Å². The Bertz CT molecular complexity index is 193. The molecule has 0 unspecified atom stereocenters. The Hall–Kier alpha value is -0.760. The van der Waals surface area contributed by atoms with Crippen molar-refractivity contribution in [3.05, 3.63) is 0 Å². The van der Waals surface area contributed by atoms with Crippen LogP contribution in [0.15, 0.2) is 0 Å². The highest BCUT2D eigenvalue weighted by molar-refractivity contribution is 4.74. The van der Waals surface area contributed by atoms with Gasteiger partial charge in [0, 0.05) is 19.5 Å². The standard InChI is InChI=1S/C9H15F3N2/c1-8(2)6-14(5-3-4-13)7-9(10,11)12/h8H,3,5-7H2,1-2H3. The van der Waals surface area contributed by atoms with Crippen molar-refractivity contribution in [1.82, 2.24) is 4.90 Å². The van der Waals surface area contributed by atoms with Crippen LogP contribution in [0.25, 0.3) is 0 Å². The van der Waals surface area contributed by atoms with Gasteiger partial charge in [-0.3, -0.25) is 4.90 Å². The van der Waals surface area contributed by atoms with Gasteiger partial charge in [0.1, 0.15) is 0 Å². The molecule has 0 aliphatic rings. The molecule has 0 rings (SSSR count). The number of halogens is 3. The second kappa shape index (κ2) is 5.86. The van der Waals surface area contributed by atoms with Gasteiger partial charge in [-0.05, 0) is 5.92 Å². The molecule has 0 amide bonds. The van der Waals surface area contributed by atoms with Crippen molar-refractivity contribution in [3.8, 4) is 6.07 Å². The molecule has 0 atom stereocenters. The van der Waals surface area contributed by atoms with Crippen LogP contribution in [0, 0.1) is 17.2 Å². The minimum absolute atomic E-state index is 0.142. The molecule has 82 valence electrons. The molecule has 14 heavy (non-hydrogen) atoms. The molecular formula is C9H15F3N2. The molecule has 0 aromatic rings. The van der Waals surface area contributed by atoms with E-state index in [9.17, 15) is 13.2 Å². The van der Waals surface area contributed by atoms with Crippen LogP contribution in [0.4, 0.5) is 13.2 Å². The summed E-state index contributed by atoms with van der Waals surface area (Å²) in [5.41, 5.74) is 0. The van der Waals surface area contributed by atoms with Crippen LogP contribution >= 0.6 is 0 Å². The molecule has 0 saturated carbocycles. The van der Waals surface area contributed by atoms with Crippen LogP contribution in [0.2, 0.25) is 0 Å². The third-order valence-electron chi connectivity index (χ3n) is 1.57. The van der Waals surface area contributed by atoms with E-state index in [0.717, 1.165) is 0 Å². The van der Waals surface area contributed by atoms with Crippen molar-refractivity contribution in [2.45, 2.75) is 26.4 Å². The van der Waals surface area contributed by atoms with Gasteiger partial charge < -0.3 is 0 Å². The topological polar surface area (TPSA) is 27.0 Å². The molecule has 2 nitrogen and oxygen atoms in total. The Morgan fingerprint density at radius 1 is 1.36 bits per heavy atom. The summed E-state index contributed by atoms with van der Waals surface area (Å²) in [5.74, 6) is 0.177. The zero-order chi connectivity index (χ0) is 11.2. The minimum atomic E-state index is -4.18. The van der Waals surface area contributed by atoms with Crippen LogP contribution in [-0.2, 0) is 0 Å². The lowest BCUT2D eigenvalue weighted by molar-refractivity contribution is -0.146. The van der Waals surface area contributed by atoms with E-state index in [1.54, 1.807) is 0 Å². The first-order valence-corrected chi connectivity index (χ1v) is 4.51. The third-order valence-corrected chi connectivity index (χ3v) is 1.57. The number of nitrogens with zero attached hydrogens (tertiary/aromatic N) is 2. The lowest BCUT2D eigenvalue weighted by atomic mass is 10.2. The Balaban J connectivity index is 4.05. The SMILES string of the molecule is CC(C)CN(CCC#N)CC(F)(F)F. The Labute approximate surface area is 82.3 Å². The van der Waals surface area contributed by atoms with E-state index >= 15 is 0 Å². The second-order valence-electron chi connectivity index (χ2n) is 3.65. The van der Waals surface area contributed by atoms with E-state index in [1.165, 1.54) is 4.90 Å². The Morgan fingerprint density at radius 2 is 1.93 bits per heavy atom. The average Bonchev–Trinajstić information content (AvgIpc) is 1.96.